The molecule has 0 aliphatic carbocycles. The smallest absolute Gasteiger partial charge is 0.236 e. The lowest BCUT2D eigenvalue weighted by atomic mass is 10.1. The van der Waals surface area contributed by atoms with Crippen LogP contribution in [0, 0.1) is 0 Å². The summed E-state index contributed by atoms with van der Waals surface area (Å²) in [5, 5.41) is 2.90. The third kappa shape index (κ3) is 6.97. The quantitative estimate of drug-likeness (QED) is 0.672. The molecular weight excluding hydrogens is 236 g/mol. The van der Waals surface area contributed by atoms with Gasteiger partial charge in [0.25, 0.3) is 0 Å². The highest BCUT2D eigenvalue weighted by Crippen LogP contribution is 2.05. The molecule has 0 spiro atoms. The van der Waals surface area contributed by atoms with E-state index in [0.29, 0.717) is 0 Å². The number of aryl methyl sites for hydroxylation is 1. The van der Waals surface area contributed by atoms with E-state index in [1.807, 2.05) is 13.0 Å². The third-order valence-electron chi connectivity index (χ3n) is 3.22. The summed E-state index contributed by atoms with van der Waals surface area (Å²) in [4.78, 5) is 11.6. The lowest BCUT2D eigenvalue weighted by Crippen LogP contribution is -2.40. The average molecular weight is 262 g/mol. The molecule has 19 heavy (non-hydrogen) atoms. The summed E-state index contributed by atoms with van der Waals surface area (Å²) >= 11 is 0. The number of unbranched alkanes of at least 4 members (excludes halogenated alkanes) is 2. The van der Waals surface area contributed by atoms with Crippen molar-refractivity contribution in [2.75, 3.05) is 6.54 Å². The minimum atomic E-state index is -0.339. The molecule has 0 fully saturated rings. The summed E-state index contributed by atoms with van der Waals surface area (Å²) in [5.74, 6) is -0.00934. The monoisotopic (exact) mass is 262 g/mol. The van der Waals surface area contributed by atoms with Crippen LogP contribution in [0.5, 0.6) is 0 Å². The molecule has 0 bridgehead atoms. The van der Waals surface area contributed by atoms with Crippen molar-refractivity contribution in [2.45, 2.75) is 51.5 Å². The van der Waals surface area contributed by atoms with Crippen LogP contribution in [0.25, 0.3) is 0 Å². The van der Waals surface area contributed by atoms with E-state index in [1.54, 1.807) is 0 Å². The lowest BCUT2D eigenvalue weighted by molar-refractivity contribution is -0.122. The zero-order valence-electron chi connectivity index (χ0n) is 11.9. The molecule has 0 saturated carbocycles. The van der Waals surface area contributed by atoms with Gasteiger partial charge >= 0.3 is 0 Å². The number of carbonyl (C=O) groups excluding carboxylic acids is 1. The van der Waals surface area contributed by atoms with Gasteiger partial charge in [-0.25, -0.2) is 0 Å². The van der Waals surface area contributed by atoms with E-state index in [4.69, 9.17) is 5.73 Å². The molecule has 1 atom stereocenters. The first-order valence-corrected chi connectivity index (χ1v) is 7.31. The van der Waals surface area contributed by atoms with E-state index in [1.165, 1.54) is 12.0 Å². The van der Waals surface area contributed by atoms with Crippen molar-refractivity contribution in [1.29, 1.82) is 0 Å². The van der Waals surface area contributed by atoms with E-state index >= 15 is 0 Å². The van der Waals surface area contributed by atoms with Gasteiger partial charge in [0, 0.05) is 6.54 Å². The first-order chi connectivity index (χ1) is 9.24. The molecule has 3 N–H and O–H groups in total. The molecule has 0 aliphatic rings. The number of nitrogens with two attached hydrogens (primary N) is 1. The highest BCUT2D eigenvalue weighted by Gasteiger charge is 2.10. The predicted molar refractivity (Wildman–Crippen MR) is 79.9 cm³/mol. The van der Waals surface area contributed by atoms with Gasteiger partial charge in [-0.15, -0.1) is 0 Å². The van der Waals surface area contributed by atoms with Crippen LogP contribution in [0.3, 0.4) is 0 Å². The first-order valence-electron chi connectivity index (χ1n) is 7.31. The van der Waals surface area contributed by atoms with Crippen LogP contribution in [0.4, 0.5) is 0 Å². The molecule has 0 saturated heterocycles. The Morgan fingerprint density at radius 2 is 1.95 bits per heavy atom. The molecule has 0 radical (unpaired) electrons. The van der Waals surface area contributed by atoms with E-state index in [0.717, 1.165) is 38.6 Å². The Balaban J connectivity index is 2.01. The molecule has 1 unspecified atom stereocenters. The van der Waals surface area contributed by atoms with Crippen LogP contribution in [0.1, 0.15) is 44.6 Å². The Labute approximate surface area is 116 Å². The fourth-order valence-corrected chi connectivity index (χ4v) is 2.06. The molecule has 3 nitrogen and oxygen atoms in total. The first kappa shape index (κ1) is 15.7. The number of nitrogens with one attached hydrogen (secondary N) is 1. The van der Waals surface area contributed by atoms with Crippen LogP contribution >= 0.6 is 0 Å². The van der Waals surface area contributed by atoms with Crippen LogP contribution in [0.15, 0.2) is 30.3 Å². The standard InChI is InChI=1S/C16H26N2O/c1-2-9-15(17)16(19)18-13-8-4-7-12-14-10-5-3-6-11-14/h3,5-6,10-11,15H,2,4,7-9,12-13,17H2,1H3,(H,18,19). The van der Waals surface area contributed by atoms with E-state index in [2.05, 4.69) is 29.6 Å². The maximum Gasteiger partial charge on any atom is 0.236 e. The highest BCUT2D eigenvalue weighted by molar-refractivity contribution is 5.81. The summed E-state index contributed by atoms with van der Waals surface area (Å²) in [6, 6.07) is 10.2. The van der Waals surface area contributed by atoms with E-state index in [9.17, 15) is 4.79 Å². The van der Waals surface area contributed by atoms with Gasteiger partial charge in [-0.05, 0) is 31.2 Å². The number of rotatable bonds is 9. The molecule has 0 aromatic heterocycles. The van der Waals surface area contributed by atoms with Crippen molar-refractivity contribution in [2.24, 2.45) is 5.73 Å². The summed E-state index contributed by atoms with van der Waals surface area (Å²) < 4.78 is 0. The van der Waals surface area contributed by atoms with Crippen LogP contribution in [-0.4, -0.2) is 18.5 Å². The van der Waals surface area contributed by atoms with Gasteiger partial charge in [0.15, 0.2) is 0 Å². The Morgan fingerprint density at radius 1 is 1.21 bits per heavy atom. The zero-order chi connectivity index (χ0) is 13.9. The van der Waals surface area contributed by atoms with Crippen molar-refractivity contribution in [3.8, 4) is 0 Å². The van der Waals surface area contributed by atoms with Crippen molar-refractivity contribution in [3.05, 3.63) is 35.9 Å². The van der Waals surface area contributed by atoms with Gasteiger partial charge in [0.1, 0.15) is 0 Å². The summed E-state index contributed by atoms with van der Waals surface area (Å²) in [6.07, 6.45) is 6.16. The normalized spacial score (nSPS) is 12.1. The number of carbonyl (C=O) groups is 1. The van der Waals surface area contributed by atoms with Crippen LogP contribution < -0.4 is 11.1 Å². The van der Waals surface area contributed by atoms with Gasteiger partial charge in [0.2, 0.25) is 5.91 Å². The van der Waals surface area contributed by atoms with Crippen LogP contribution in [0.2, 0.25) is 0 Å². The van der Waals surface area contributed by atoms with E-state index < -0.39 is 0 Å². The molecule has 1 aromatic rings. The number of hydrogen-bond donors (Lipinski definition) is 2. The average Bonchev–Trinajstić information content (AvgIpc) is 2.43. The molecule has 1 rings (SSSR count). The Morgan fingerprint density at radius 3 is 2.63 bits per heavy atom. The van der Waals surface area contributed by atoms with Crippen LogP contribution in [-0.2, 0) is 11.2 Å². The molecule has 0 heterocycles. The van der Waals surface area contributed by atoms with Gasteiger partial charge in [-0.2, -0.15) is 0 Å². The lowest BCUT2D eigenvalue weighted by Gasteiger charge is -2.10. The maximum absolute atomic E-state index is 11.6. The Kier molecular flexibility index (Phi) is 7.91. The fourth-order valence-electron chi connectivity index (χ4n) is 2.06. The topological polar surface area (TPSA) is 55.1 Å². The van der Waals surface area contributed by atoms with Gasteiger partial charge < -0.3 is 11.1 Å². The summed E-state index contributed by atoms with van der Waals surface area (Å²) in [6.45, 7) is 2.78. The second-order valence-electron chi connectivity index (χ2n) is 4.98. The van der Waals surface area contributed by atoms with Crippen molar-refractivity contribution < 1.29 is 4.79 Å². The predicted octanol–water partition coefficient (Wildman–Crippen LogP) is 2.64. The SMILES string of the molecule is CCCC(N)C(=O)NCCCCCc1ccccc1. The Hall–Kier alpha value is -1.35. The minimum absolute atomic E-state index is 0.00934. The number of amides is 1. The molecular formula is C16H26N2O. The summed E-state index contributed by atoms with van der Waals surface area (Å²) in [5.41, 5.74) is 7.12. The van der Waals surface area contributed by atoms with Gasteiger partial charge in [0.05, 0.1) is 6.04 Å². The second-order valence-corrected chi connectivity index (χ2v) is 4.98. The van der Waals surface area contributed by atoms with Crippen molar-refractivity contribution in [1.82, 2.24) is 5.32 Å². The molecule has 1 amide bonds. The van der Waals surface area contributed by atoms with E-state index in [-0.39, 0.29) is 11.9 Å². The highest BCUT2D eigenvalue weighted by atomic mass is 16.2. The molecule has 1 aromatic carbocycles. The Bertz CT molecular complexity index is 351. The zero-order valence-corrected chi connectivity index (χ0v) is 11.9. The van der Waals surface area contributed by atoms with Crippen molar-refractivity contribution in [3.63, 3.8) is 0 Å². The molecule has 0 aliphatic heterocycles. The van der Waals surface area contributed by atoms with Gasteiger partial charge in [-0.3, -0.25) is 4.79 Å². The van der Waals surface area contributed by atoms with Gasteiger partial charge in [-0.1, -0.05) is 50.1 Å². The van der Waals surface area contributed by atoms with Crippen molar-refractivity contribution >= 4 is 5.91 Å². The number of hydrogen-bond acceptors (Lipinski definition) is 2. The number of benzene rings is 1. The molecule has 3 heteroatoms. The maximum atomic E-state index is 11.6. The fraction of sp³-hybridized carbons (Fsp3) is 0.562. The molecule has 106 valence electrons. The largest absolute Gasteiger partial charge is 0.355 e. The third-order valence-corrected chi connectivity index (χ3v) is 3.22. The minimum Gasteiger partial charge on any atom is -0.355 e. The second kappa shape index (κ2) is 9.56. The summed E-state index contributed by atoms with van der Waals surface area (Å²) in [7, 11) is 0.